The Balaban J connectivity index is 2.81. The fourth-order valence-corrected chi connectivity index (χ4v) is 1.32. The minimum Gasteiger partial charge on any atom is -0.350 e. The topological polar surface area (TPSA) is 55.1 Å². The van der Waals surface area contributed by atoms with Crippen molar-refractivity contribution in [1.29, 1.82) is 0 Å². The quantitative estimate of drug-likeness (QED) is 0.787. The third-order valence-electron chi connectivity index (χ3n) is 2.47. The zero-order chi connectivity index (χ0) is 11.3. The fourth-order valence-electron chi connectivity index (χ4n) is 1.32. The Kier molecular flexibility index (Phi) is 4.31. The van der Waals surface area contributed by atoms with Crippen molar-refractivity contribution in [3.05, 3.63) is 35.4 Å². The van der Waals surface area contributed by atoms with E-state index in [-0.39, 0.29) is 11.9 Å². The molecule has 1 aromatic carbocycles. The van der Waals surface area contributed by atoms with E-state index in [9.17, 15) is 4.79 Å². The second-order valence-electron chi connectivity index (χ2n) is 3.64. The molecule has 0 saturated heterocycles. The second-order valence-corrected chi connectivity index (χ2v) is 3.64. The summed E-state index contributed by atoms with van der Waals surface area (Å²) in [7, 11) is 0. The number of carbonyl (C=O) groups excluding carboxylic acids is 1. The minimum absolute atomic E-state index is 0.0367. The predicted molar refractivity (Wildman–Crippen MR) is 61.6 cm³/mol. The van der Waals surface area contributed by atoms with E-state index in [4.69, 9.17) is 5.73 Å². The molecule has 3 N–H and O–H groups in total. The summed E-state index contributed by atoms with van der Waals surface area (Å²) in [5.41, 5.74) is 7.14. The van der Waals surface area contributed by atoms with Gasteiger partial charge in [0, 0.05) is 18.2 Å². The van der Waals surface area contributed by atoms with Gasteiger partial charge in [0.1, 0.15) is 0 Å². The number of nitrogens with one attached hydrogen (secondary N) is 1. The third-order valence-corrected chi connectivity index (χ3v) is 2.47. The van der Waals surface area contributed by atoms with Crippen LogP contribution in [-0.4, -0.2) is 11.9 Å². The van der Waals surface area contributed by atoms with Crippen LogP contribution in [0.3, 0.4) is 0 Å². The van der Waals surface area contributed by atoms with Crippen molar-refractivity contribution in [3.8, 4) is 0 Å². The van der Waals surface area contributed by atoms with Gasteiger partial charge >= 0.3 is 0 Å². The van der Waals surface area contributed by atoms with Gasteiger partial charge in [0.25, 0.3) is 5.91 Å². The zero-order valence-electron chi connectivity index (χ0n) is 9.29. The normalized spacial score (nSPS) is 12.2. The first-order valence-electron chi connectivity index (χ1n) is 5.27. The molecule has 0 aliphatic carbocycles. The number of carbonyl (C=O) groups is 1. The molecule has 0 aliphatic heterocycles. The van der Waals surface area contributed by atoms with Gasteiger partial charge < -0.3 is 11.1 Å². The highest BCUT2D eigenvalue weighted by atomic mass is 16.1. The Morgan fingerprint density at radius 3 is 2.73 bits per heavy atom. The molecule has 3 nitrogen and oxygen atoms in total. The van der Waals surface area contributed by atoms with Crippen LogP contribution >= 0.6 is 0 Å². The van der Waals surface area contributed by atoms with Crippen LogP contribution in [-0.2, 0) is 6.54 Å². The van der Waals surface area contributed by atoms with Crippen LogP contribution in [0.4, 0.5) is 0 Å². The van der Waals surface area contributed by atoms with Crippen LogP contribution in [0.2, 0.25) is 0 Å². The number of hydrogen-bond acceptors (Lipinski definition) is 2. The molecule has 0 spiro atoms. The minimum atomic E-state index is -0.0367. The van der Waals surface area contributed by atoms with Crippen LogP contribution in [0.1, 0.15) is 36.2 Å². The van der Waals surface area contributed by atoms with Crippen LogP contribution in [0.25, 0.3) is 0 Å². The largest absolute Gasteiger partial charge is 0.350 e. The molecule has 0 heterocycles. The van der Waals surface area contributed by atoms with Gasteiger partial charge in [-0.05, 0) is 25.0 Å². The van der Waals surface area contributed by atoms with Gasteiger partial charge in [-0.1, -0.05) is 25.1 Å². The number of nitrogens with two attached hydrogens (primary N) is 1. The molecular formula is C12H18N2O. The highest BCUT2D eigenvalue weighted by molar-refractivity contribution is 5.95. The lowest BCUT2D eigenvalue weighted by Crippen LogP contribution is -2.32. The lowest BCUT2D eigenvalue weighted by atomic mass is 10.1. The molecule has 1 rings (SSSR count). The summed E-state index contributed by atoms with van der Waals surface area (Å²) < 4.78 is 0. The summed E-state index contributed by atoms with van der Waals surface area (Å²) >= 11 is 0. The Morgan fingerprint density at radius 2 is 2.13 bits per heavy atom. The van der Waals surface area contributed by atoms with Crippen LogP contribution < -0.4 is 11.1 Å². The molecule has 3 heteroatoms. The average Bonchev–Trinajstić information content (AvgIpc) is 2.28. The van der Waals surface area contributed by atoms with E-state index in [1.807, 2.05) is 32.0 Å². The van der Waals surface area contributed by atoms with Crippen molar-refractivity contribution in [2.75, 3.05) is 0 Å². The van der Waals surface area contributed by atoms with Gasteiger partial charge in [-0.25, -0.2) is 0 Å². The molecule has 0 aromatic heterocycles. The summed E-state index contributed by atoms with van der Waals surface area (Å²) in [4.78, 5) is 11.8. The van der Waals surface area contributed by atoms with Gasteiger partial charge in [0.15, 0.2) is 0 Å². The standard InChI is InChI=1S/C12H18N2O/c1-3-9(2)14-12(15)11-7-5-4-6-10(11)8-13/h4-7,9H,3,8,13H2,1-2H3,(H,14,15). The zero-order valence-corrected chi connectivity index (χ0v) is 9.29. The number of amides is 1. The molecule has 1 atom stereocenters. The molecule has 0 radical (unpaired) electrons. The molecule has 0 fully saturated rings. The van der Waals surface area contributed by atoms with Crippen LogP contribution in [0.15, 0.2) is 24.3 Å². The summed E-state index contributed by atoms with van der Waals surface area (Å²) in [5.74, 6) is -0.0367. The molecule has 82 valence electrons. The Bertz CT molecular complexity index is 336. The Labute approximate surface area is 90.7 Å². The smallest absolute Gasteiger partial charge is 0.251 e. The number of benzene rings is 1. The van der Waals surface area contributed by atoms with Crippen LogP contribution in [0.5, 0.6) is 0 Å². The highest BCUT2D eigenvalue weighted by Crippen LogP contribution is 2.08. The molecule has 0 bridgehead atoms. The predicted octanol–water partition coefficient (Wildman–Crippen LogP) is 1.67. The number of hydrogen-bond donors (Lipinski definition) is 2. The molecule has 1 amide bonds. The molecule has 15 heavy (non-hydrogen) atoms. The maximum Gasteiger partial charge on any atom is 0.251 e. The average molecular weight is 206 g/mol. The number of rotatable bonds is 4. The van der Waals surface area contributed by atoms with E-state index >= 15 is 0 Å². The van der Waals surface area contributed by atoms with Crippen molar-refractivity contribution in [1.82, 2.24) is 5.32 Å². The first kappa shape index (κ1) is 11.7. The van der Waals surface area contributed by atoms with Gasteiger partial charge in [-0.15, -0.1) is 0 Å². The van der Waals surface area contributed by atoms with E-state index in [1.54, 1.807) is 6.07 Å². The van der Waals surface area contributed by atoms with Gasteiger partial charge in [0.05, 0.1) is 0 Å². The SMILES string of the molecule is CCC(C)NC(=O)c1ccccc1CN. The van der Waals surface area contributed by atoms with Gasteiger partial charge in [0.2, 0.25) is 0 Å². The van der Waals surface area contributed by atoms with Crippen molar-refractivity contribution >= 4 is 5.91 Å². The summed E-state index contributed by atoms with van der Waals surface area (Å²) in [6.07, 6.45) is 0.927. The van der Waals surface area contributed by atoms with E-state index in [2.05, 4.69) is 5.32 Å². The van der Waals surface area contributed by atoms with Crippen molar-refractivity contribution in [2.45, 2.75) is 32.9 Å². The highest BCUT2D eigenvalue weighted by Gasteiger charge is 2.11. The lowest BCUT2D eigenvalue weighted by Gasteiger charge is -2.13. The summed E-state index contributed by atoms with van der Waals surface area (Å²) in [5, 5.41) is 2.93. The summed E-state index contributed by atoms with van der Waals surface area (Å²) in [6, 6.07) is 7.63. The summed E-state index contributed by atoms with van der Waals surface area (Å²) in [6.45, 7) is 4.42. The second kappa shape index (κ2) is 5.51. The fraction of sp³-hybridized carbons (Fsp3) is 0.417. The van der Waals surface area contributed by atoms with E-state index in [0.29, 0.717) is 12.1 Å². The Hall–Kier alpha value is -1.35. The van der Waals surface area contributed by atoms with Crippen molar-refractivity contribution < 1.29 is 4.79 Å². The van der Waals surface area contributed by atoms with Gasteiger partial charge in [-0.2, -0.15) is 0 Å². The lowest BCUT2D eigenvalue weighted by molar-refractivity contribution is 0.0938. The van der Waals surface area contributed by atoms with E-state index in [0.717, 1.165) is 12.0 Å². The Morgan fingerprint density at radius 1 is 1.47 bits per heavy atom. The monoisotopic (exact) mass is 206 g/mol. The molecule has 0 aliphatic rings. The van der Waals surface area contributed by atoms with E-state index in [1.165, 1.54) is 0 Å². The molecular weight excluding hydrogens is 188 g/mol. The van der Waals surface area contributed by atoms with Gasteiger partial charge in [-0.3, -0.25) is 4.79 Å². The van der Waals surface area contributed by atoms with Crippen molar-refractivity contribution in [3.63, 3.8) is 0 Å². The first-order chi connectivity index (χ1) is 7.19. The maximum atomic E-state index is 11.8. The third kappa shape index (κ3) is 3.06. The molecule has 1 unspecified atom stereocenters. The first-order valence-corrected chi connectivity index (χ1v) is 5.27. The molecule has 1 aromatic rings. The van der Waals surface area contributed by atoms with E-state index < -0.39 is 0 Å². The maximum absolute atomic E-state index is 11.8. The van der Waals surface area contributed by atoms with Crippen LogP contribution in [0, 0.1) is 0 Å². The van der Waals surface area contributed by atoms with Crippen molar-refractivity contribution in [2.24, 2.45) is 5.73 Å². The molecule has 0 saturated carbocycles.